The summed E-state index contributed by atoms with van der Waals surface area (Å²) < 4.78 is 17.0. The highest BCUT2D eigenvalue weighted by Crippen LogP contribution is 2.19. The van der Waals surface area contributed by atoms with E-state index in [4.69, 9.17) is 14.2 Å². The van der Waals surface area contributed by atoms with Gasteiger partial charge < -0.3 is 14.2 Å². The van der Waals surface area contributed by atoms with Crippen LogP contribution in [0.2, 0.25) is 0 Å². The molecule has 6 nitrogen and oxygen atoms in total. The van der Waals surface area contributed by atoms with Crippen molar-refractivity contribution in [3.05, 3.63) is 24.3 Å². The number of hydrogen-bond acceptors (Lipinski definition) is 6. The molecule has 0 spiro atoms. The number of allylic oxidation sites excluding steroid dienone is 4. The highest BCUT2D eigenvalue weighted by atomic mass is 16.6. The van der Waals surface area contributed by atoms with Crippen molar-refractivity contribution in [3.63, 3.8) is 0 Å². The quantitative estimate of drug-likeness (QED) is 0.0261. The molecule has 0 radical (unpaired) electrons. The summed E-state index contributed by atoms with van der Waals surface area (Å²) in [4.78, 5) is 38.3. The zero-order valence-corrected chi connectivity index (χ0v) is 51.6. The Labute approximate surface area is 474 Å². The predicted molar refractivity (Wildman–Crippen MR) is 330 cm³/mol. The fourth-order valence-electron chi connectivity index (χ4n) is 10.5. The van der Waals surface area contributed by atoms with Crippen LogP contribution in [0, 0.1) is 0 Å². The zero-order chi connectivity index (χ0) is 55.0. The molecular weight excluding hydrogens is 937 g/mol. The first kappa shape index (κ1) is 73.9. The van der Waals surface area contributed by atoms with E-state index in [1.165, 1.54) is 276 Å². The molecule has 0 aromatic heterocycles. The van der Waals surface area contributed by atoms with Crippen LogP contribution in [0.15, 0.2) is 24.3 Å². The summed E-state index contributed by atoms with van der Waals surface area (Å²) in [6.07, 6.45) is 79.2. The summed E-state index contributed by atoms with van der Waals surface area (Å²) in [5, 5.41) is 0. The first-order valence-corrected chi connectivity index (χ1v) is 34.3. The van der Waals surface area contributed by atoms with E-state index in [-0.39, 0.29) is 31.1 Å². The molecular formula is C70H132O6. The van der Waals surface area contributed by atoms with E-state index in [1.807, 2.05) is 0 Å². The van der Waals surface area contributed by atoms with Gasteiger partial charge in [-0.2, -0.15) is 0 Å². The molecule has 448 valence electrons. The van der Waals surface area contributed by atoms with Gasteiger partial charge in [-0.3, -0.25) is 14.4 Å². The van der Waals surface area contributed by atoms with Crippen molar-refractivity contribution in [1.82, 2.24) is 0 Å². The second-order valence-corrected chi connectivity index (χ2v) is 23.5. The van der Waals surface area contributed by atoms with Gasteiger partial charge in [0.1, 0.15) is 13.2 Å². The molecule has 0 saturated carbocycles. The molecule has 0 heterocycles. The van der Waals surface area contributed by atoms with Gasteiger partial charge in [0, 0.05) is 19.3 Å². The number of esters is 3. The molecule has 0 amide bonds. The Kier molecular flexibility index (Phi) is 63.6. The monoisotopic (exact) mass is 1070 g/mol. The van der Waals surface area contributed by atoms with Crippen molar-refractivity contribution in [2.75, 3.05) is 13.2 Å². The van der Waals surface area contributed by atoms with Gasteiger partial charge >= 0.3 is 17.9 Å². The smallest absolute Gasteiger partial charge is 0.306 e. The highest BCUT2D eigenvalue weighted by molar-refractivity contribution is 5.71. The van der Waals surface area contributed by atoms with E-state index in [1.54, 1.807) is 0 Å². The van der Waals surface area contributed by atoms with E-state index in [0.717, 1.165) is 70.6 Å². The molecule has 0 aliphatic rings. The summed E-state index contributed by atoms with van der Waals surface area (Å²) in [6.45, 7) is 6.69. The SMILES string of the molecule is CCCCCC/C=C\C/C=C\CCCCCCCCCC(=O)OC(COC(=O)CCCCCCCCCCCCCCC)COC(=O)CCCCCCCCCCCCCCCCCCCCCCCCCCCCC. The number of ether oxygens (including phenoxy) is 3. The molecule has 0 fully saturated rings. The number of unbranched alkanes of at least 4 members (excludes halogenated alkanes) is 49. The maximum absolute atomic E-state index is 12.9. The minimum atomic E-state index is -0.772. The molecule has 0 N–H and O–H groups in total. The molecule has 6 heteroatoms. The Morgan fingerprint density at radius 3 is 0.737 bits per heavy atom. The Morgan fingerprint density at radius 2 is 0.474 bits per heavy atom. The standard InChI is InChI=1S/C70H132O6/c1-4-7-10-13-16-19-22-25-27-29-31-32-33-34-35-36-37-38-39-41-42-45-48-51-54-57-60-63-69(72)75-66-67(65-74-68(71)62-59-56-53-50-47-44-24-21-18-15-12-9-6-3)76-70(73)64-61-58-55-52-49-46-43-40-30-28-26-23-20-17-14-11-8-5-2/h20,23,28,30,67H,4-19,21-22,24-27,29,31-66H2,1-3H3/b23-20-,30-28-. The molecule has 0 saturated heterocycles. The molecule has 0 aliphatic carbocycles. The highest BCUT2D eigenvalue weighted by Gasteiger charge is 2.19. The minimum Gasteiger partial charge on any atom is -0.462 e. The van der Waals surface area contributed by atoms with Crippen molar-refractivity contribution in [3.8, 4) is 0 Å². The summed E-state index contributed by atoms with van der Waals surface area (Å²) in [6, 6.07) is 0. The fraction of sp³-hybridized carbons (Fsp3) is 0.900. The van der Waals surface area contributed by atoms with Crippen molar-refractivity contribution in [2.24, 2.45) is 0 Å². The number of carbonyl (C=O) groups excluding carboxylic acids is 3. The van der Waals surface area contributed by atoms with Gasteiger partial charge in [-0.25, -0.2) is 0 Å². The Hall–Kier alpha value is -2.11. The lowest BCUT2D eigenvalue weighted by molar-refractivity contribution is -0.167. The number of hydrogen-bond donors (Lipinski definition) is 0. The van der Waals surface area contributed by atoms with Gasteiger partial charge in [0.15, 0.2) is 6.10 Å². The lowest BCUT2D eigenvalue weighted by Crippen LogP contribution is -2.30. The molecule has 0 bridgehead atoms. The topological polar surface area (TPSA) is 78.9 Å². The number of carbonyl (C=O) groups is 3. The van der Waals surface area contributed by atoms with Gasteiger partial charge in [-0.15, -0.1) is 0 Å². The normalized spacial score (nSPS) is 12.1. The van der Waals surface area contributed by atoms with Crippen LogP contribution in [0.3, 0.4) is 0 Å². The second kappa shape index (κ2) is 65.4. The van der Waals surface area contributed by atoms with E-state index in [0.29, 0.717) is 19.3 Å². The van der Waals surface area contributed by atoms with Crippen LogP contribution in [-0.4, -0.2) is 37.2 Å². The van der Waals surface area contributed by atoms with Crippen molar-refractivity contribution in [1.29, 1.82) is 0 Å². The maximum Gasteiger partial charge on any atom is 0.306 e. The fourth-order valence-corrected chi connectivity index (χ4v) is 10.5. The van der Waals surface area contributed by atoms with Crippen LogP contribution in [0.1, 0.15) is 387 Å². The van der Waals surface area contributed by atoms with Gasteiger partial charge in [-0.1, -0.05) is 340 Å². The first-order valence-electron chi connectivity index (χ1n) is 34.3. The summed E-state index contributed by atoms with van der Waals surface area (Å²) in [5.41, 5.74) is 0. The molecule has 0 aliphatic heterocycles. The van der Waals surface area contributed by atoms with Crippen LogP contribution < -0.4 is 0 Å². The Balaban J connectivity index is 4.19. The molecule has 1 unspecified atom stereocenters. The van der Waals surface area contributed by atoms with Crippen LogP contribution in [0.5, 0.6) is 0 Å². The largest absolute Gasteiger partial charge is 0.462 e. The molecule has 1 atom stereocenters. The van der Waals surface area contributed by atoms with Crippen molar-refractivity contribution in [2.45, 2.75) is 393 Å². The summed E-state index contributed by atoms with van der Waals surface area (Å²) >= 11 is 0. The number of rotatable bonds is 64. The third-order valence-electron chi connectivity index (χ3n) is 15.7. The Morgan fingerprint density at radius 1 is 0.263 bits per heavy atom. The van der Waals surface area contributed by atoms with E-state index < -0.39 is 6.10 Å². The zero-order valence-electron chi connectivity index (χ0n) is 51.6. The van der Waals surface area contributed by atoms with Gasteiger partial charge in [-0.05, 0) is 51.4 Å². The van der Waals surface area contributed by atoms with Crippen LogP contribution >= 0.6 is 0 Å². The Bertz CT molecular complexity index is 1230. The van der Waals surface area contributed by atoms with Crippen molar-refractivity contribution >= 4 is 17.9 Å². The van der Waals surface area contributed by atoms with E-state index in [9.17, 15) is 14.4 Å². The van der Waals surface area contributed by atoms with E-state index >= 15 is 0 Å². The van der Waals surface area contributed by atoms with Crippen molar-refractivity contribution < 1.29 is 28.6 Å². The summed E-state index contributed by atoms with van der Waals surface area (Å²) in [5.74, 6) is -0.847. The van der Waals surface area contributed by atoms with Crippen LogP contribution in [0.25, 0.3) is 0 Å². The molecule has 0 aromatic rings. The molecule has 0 rings (SSSR count). The summed E-state index contributed by atoms with van der Waals surface area (Å²) in [7, 11) is 0. The lowest BCUT2D eigenvalue weighted by atomic mass is 10.0. The molecule has 0 aromatic carbocycles. The molecule has 76 heavy (non-hydrogen) atoms. The van der Waals surface area contributed by atoms with Crippen LogP contribution in [-0.2, 0) is 28.6 Å². The minimum absolute atomic E-state index is 0.0683. The van der Waals surface area contributed by atoms with Gasteiger partial charge in [0.05, 0.1) is 0 Å². The van der Waals surface area contributed by atoms with Crippen LogP contribution in [0.4, 0.5) is 0 Å². The maximum atomic E-state index is 12.9. The van der Waals surface area contributed by atoms with Gasteiger partial charge in [0.2, 0.25) is 0 Å². The van der Waals surface area contributed by atoms with E-state index in [2.05, 4.69) is 45.1 Å². The first-order chi connectivity index (χ1) is 37.5. The predicted octanol–water partition coefficient (Wildman–Crippen LogP) is 23.4. The lowest BCUT2D eigenvalue weighted by Gasteiger charge is -2.18. The average molecular weight is 1070 g/mol. The van der Waals surface area contributed by atoms with Gasteiger partial charge in [0.25, 0.3) is 0 Å². The average Bonchev–Trinajstić information content (AvgIpc) is 3.42. The second-order valence-electron chi connectivity index (χ2n) is 23.5. The third-order valence-corrected chi connectivity index (χ3v) is 15.7. The third kappa shape index (κ3) is 62.7.